The zero-order valence-electron chi connectivity index (χ0n) is 21.4. The maximum Gasteiger partial charge on any atom is 0.185 e. The van der Waals surface area contributed by atoms with Gasteiger partial charge in [0, 0.05) is 24.9 Å². The smallest absolute Gasteiger partial charge is 0.185 e. The van der Waals surface area contributed by atoms with Gasteiger partial charge in [-0.3, -0.25) is 0 Å². The molecule has 4 nitrogen and oxygen atoms in total. The first kappa shape index (κ1) is 24.9. The number of nitrogens with zero attached hydrogens (tertiary/aromatic N) is 2. The van der Waals surface area contributed by atoms with Gasteiger partial charge in [-0.15, -0.1) is 11.3 Å². The lowest BCUT2D eigenvalue weighted by molar-refractivity contribution is 0.528. The molecule has 0 bridgehead atoms. The molecule has 182 valence electrons. The van der Waals surface area contributed by atoms with E-state index in [0.717, 1.165) is 52.6 Å². The molecular formula is C28H36N2O2S2. The fraction of sp³-hybridized carbons (Fsp3) is 0.464. The largest absolute Gasteiger partial charge is 0.348 e. The highest BCUT2D eigenvalue weighted by Gasteiger charge is 2.34. The average Bonchev–Trinajstić information content (AvgIpc) is 3.24. The number of aryl methyl sites for hydroxylation is 5. The maximum atomic E-state index is 13.6. The zero-order valence-corrected chi connectivity index (χ0v) is 23.1. The van der Waals surface area contributed by atoms with E-state index in [-0.39, 0.29) is 5.25 Å². The lowest BCUT2D eigenvalue weighted by Gasteiger charge is -2.32. The van der Waals surface area contributed by atoms with Crippen LogP contribution in [0, 0.1) is 48.5 Å². The predicted molar refractivity (Wildman–Crippen MR) is 143 cm³/mol. The van der Waals surface area contributed by atoms with E-state index in [2.05, 4.69) is 49.3 Å². The summed E-state index contributed by atoms with van der Waals surface area (Å²) in [4.78, 5) is 7.74. The zero-order chi connectivity index (χ0) is 24.8. The Morgan fingerprint density at radius 1 is 0.882 bits per heavy atom. The molecule has 0 radical (unpaired) electrons. The SMILES string of the molecule is Cc1cc(C)c(Cc2csc(N3CCC(S(=O)(=O)c4c(C)c(C)cc(C)c4C)CC3)n2)c(C)c1. The summed E-state index contributed by atoms with van der Waals surface area (Å²) in [6.45, 7) is 15.8. The molecule has 1 fully saturated rings. The summed E-state index contributed by atoms with van der Waals surface area (Å²) < 4.78 is 27.3. The molecule has 1 aliphatic heterocycles. The van der Waals surface area contributed by atoms with E-state index in [1.165, 1.54) is 22.3 Å². The van der Waals surface area contributed by atoms with Crippen LogP contribution in [0.25, 0.3) is 0 Å². The first-order chi connectivity index (χ1) is 16.0. The monoisotopic (exact) mass is 496 g/mol. The average molecular weight is 497 g/mol. The Morgan fingerprint density at radius 2 is 1.44 bits per heavy atom. The Hall–Kier alpha value is -2.18. The van der Waals surface area contributed by atoms with Gasteiger partial charge in [0.1, 0.15) is 0 Å². The van der Waals surface area contributed by atoms with E-state index >= 15 is 0 Å². The quantitative estimate of drug-likeness (QED) is 0.414. The highest BCUT2D eigenvalue weighted by Crippen LogP contribution is 2.34. The van der Waals surface area contributed by atoms with Crippen LogP contribution in [0.4, 0.5) is 5.13 Å². The first-order valence-electron chi connectivity index (χ1n) is 12.1. The van der Waals surface area contributed by atoms with Crippen molar-refractivity contribution in [1.29, 1.82) is 0 Å². The van der Waals surface area contributed by atoms with Crippen molar-refractivity contribution in [2.75, 3.05) is 18.0 Å². The number of rotatable bonds is 5. The Morgan fingerprint density at radius 3 is 2.00 bits per heavy atom. The Bertz CT molecular complexity index is 1280. The molecule has 0 atom stereocenters. The Labute approximate surface area is 209 Å². The summed E-state index contributed by atoms with van der Waals surface area (Å²) >= 11 is 1.67. The van der Waals surface area contributed by atoms with Gasteiger partial charge in [-0.2, -0.15) is 0 Å². The molecule has 3 aromatic rings. The summed E-state index contributed by atoms with van der Waals surface area (Å²) in [5.41, 5.74) is 10.3. The molecule has 0 aliphatic carbocycles. The maximum absolute atomic E-state index is 13.6. The summed E-state index contributed by atoms with van der Waals surface area (Å²) in [7, 11) is -3.37. The Balaban J connectivity index is 1.48. The fourth-order valence-corrected chi connectivity index (χ4v) is 8.54. The van der Waals surface area contributed by atoms with Gasteiger partial charge in [0.05, 0.1) is 15.8 Å². The van der Waals surface area contributed by atoms with Gasteiger partial charge in [0.2, 0.25) is 0 Å². The minimum absolute atomic E-state index is 0.334. The number of benzene rings is 2. The lowest BCUT2D eigenvalue weighted by Crippen LogP contribution is -2.39. The van der Waals surface area contributed by atoms with Gasteiger partial charge in [0.25, 0.3) is 0 Å². The van der Waals surface area contributed by atoms with Crippen molar-refractivity contribution >= 4 is 26.3 Å². The van der Waals surface area contributed by atoms with Crippen LogP contribution in [0.2, 0.25) is 0 Å². The van der Waals surface area contributed by atoms with Crippen LogP contribution in [0.15, 0.2) is 28.5 Å². The molecule has 1 saturated heterocycles. The molecule has 1 aliphatic rings. The summed E-state index contributed by atoms with van der Waals surface area (Å²) in [6, 6.07) is 6.56. The van der Waals surface area contributed by atoms with Gasteiger partial charge in [0.15, 0.2) is 15.0 Å². The number of hydrogen-bond donors (Lipinski definition) is 0. The van der Waals surface area contributed by atoms with Crippen LogP contribution in [-0.4, -0.2) is 31.7 Å². The highest BCUT2D eigenvalue weighted by atomic mass is 32.2. The first-order valence-corrected chi connectivity index (χ1v) is 14.5. The van der Waals surface area contributed by atoms with Crippen molar-refractivity contribution in [3.8, 4) is 0 Å². The van der Waals surface area contributed by atoms with E-state index in [0.29, 0.717) is 17.7 Å². The van der Waals surface area contributed by atoms with Crippen LogP contribution in [-0.2, 0) is 16.3 Å². The molecule has 0 unspecified atom stereocenters. The van der Waals surface area contributed by atoms with Crippen molar-refractivity contribution in [1.82, 2.24) is 4.98 Å². The fourth-order valence-electron chi connectivity index (χ4n) is 5.32. The number of anilines is 1. The number of sulfone groups is 1. The molecule has 0 spiro atoms. The minimum Gasteiger partial charge on any atom is -0.348 e. The van der Waals surface area contributed by atoms with Gasteiger partial charge in [-0.1, -0.05) is 23.8 Å². The van der Waals surface area contributed by atoms with Gasteiger partial charge < -0.3 is 4.90 Å². The molecule has 6 heteroatoms. The number of aromatic nitrogens is 1. The molecule has 0 N–H and O–H groups in total. The predicted octanol–water partition coefficient (Wildman–Crippen LogP) is 6.34. The minimum atomic E-state index is -3.37. The summed E-state index contributed by atoms with van der Waals surface area (Å²) in [5.74, 6) is 0. The highest BCUT2D eigenvalue weighted by molar-refractivity contribution is 7.92. The van der Waals surface area contributed by atoms with Gasteiger partial charge in [-0.25, -0.2) is 13.4 Å². The van der Waals surface area contributed by atoms with Crippen LogP contribution < -0.4 is 4.90 Å². The second-order valence-electron chi connectivity index (χ2n) is 10.00. The van der Waals surface area contributed by atoms with Gasteiger partial charge >= 0.3 is 0 Å². The molecule has 2 heterocycles. The summed E-state index contributed by atoms with van der Waals surface area (Å²) in [5, 5.41) is 2.82. The Kier molecular flexibility index (Phi) is 6.94. The molecule has 34 heavy (non-hydrogen) atoms. The molecular weight excluding hydrogens is 460 g/mol. The number of hydrogen-bond acceptors (Lipinski definition) is 5. The second kappa shape index (κ2) is 9.46. The molecule has 2 aromatic carbocycles. The van der Waals surface area contributed by atoms with E-state index in [4.69, 9.17) is 4.98 Å². The molecule has 1 aromatic heterocycles. The third-order valence-corrected chi connectivity index (χ3v) is 11.0. The topological polar surface area (TPSA) is 50.3 Å². The standard InChI is InChI=1S/C28H36N2O2S2/c1-17-12-20(4)26(21(5)13-17)15-24-16-33-28(29-24)30-10-8-25(9-11-30)34(31,32)27-22(6)18(2)14-19(3)23(27)7/h12-14,16,25H,8-11,15H2,1-7H3. The molecule has 0 saturated carbocycles. The second-order valence-corrected chi connectivity index (χ2v) is 13.0. The van der Waals surface area contributed by atoms with Crippen LogP contribution in [0.1, 0.15) is 63.0 Å². The van der Waals surface area contributed by atoms with E-state index in [9.17, 15) is 8.42 Å². The third-order valence-electron chi connectivity index (χ3n) is 7.47. The third kappa shape index (κ3) is 4.67. The van der Waals surface area contributed by atoms with E-state index in [1.807, 2.05) is 27.7 Å². The van der Waals surface area contributed by atoms with Gasteiger partial charge in [-0.05, 0) is 100 Å². The van der Waals surface area contributed by atoms with Crippen LogP contribution in [0.5, 0.6) is 0 Å². The number of piperidine rings is 1. The van der Waals surface area contributed by atoms with E-state index < -0.39 is 9.84 Å². The summed E-state index contributed by atoms with van der Waals surface area (Å²) in [6.07, 6.45) is 2.11. The van der Waals surface area contributed by atoms with Crippen molar-refractivity contribution in [2.24, 2.45) is 0 Å². The van der Waals surface area contributed by atoms with Crippen molar-refractivity contribution in [3.63, 3.8) is 0 Å². The van der Waals surface area contributed by atoms with Crippen LogP contribution in [0.3, 0.4) is 0 Å². The molecule has 0 amide bonds. The van der Waals surface area contributed by atoms with Crippen molar-refractivity contribution in [3.05, 3.63) is 73.8 Å². The van der Waals surface area contributed by atoms with Crippen molar-refractivity contribution < 1.29 is 8.42 Å². The number of thiazole rings is 1. The molecule has 4 rings (SSSR count). The lowest BCUT2D eigenvalue weighted by atomic mass is 9.96. The normalized spacial score (nSPS) is 15.2. The van der Waals surface area contributed by atoms with Crippen LogP contribution >= 0.6 is 11.3 Å². The van der Waals surface area contributed by atoms with Crippen molar-refractivity contribution in [2.45, 2.75) is 77.9 Å². The van der Waals surface area contributed by atoms with E-state index in [1.54, 1.807) is 11.3 Å².